The minimum absolute atomic E-state index is 0.171. The molecule has 0 bridgehead atoms. The fraction of sp³-hybridized carbons (Fsp3) is 0.556. The summed E-state index contributed by atoms with van der Waals surface area (Å²) in [4.78, 5) is 9.12. The van der Waals surface area contributed by atoms with Crippen LogP contribution in [-0.4, -0.2) is 78.8 Å². The van der Waals surface area contributed by atoms with Crippen molar-refractivity contribution in [3.05, 3.63) is 52.3 Å². The van der Waals surface area contributed by atoms with E-state index in [1.807, 2.05) is 0 Å². The predicted octanol–water partition coefficient (Wildman–Crippen LogP) is 3.08. The van der Waals surface area contributed by atoms with Crippen LogP contribution in [0.25, 0.3) is 5.65 Å². The van der Waals surface area contributed by atoms with Gasteiger partial charge in [-0.15, -0.1) is 5.10 Å². The molecule has 1 atom stereocenters. The summed E-state index contributed by atoms with van der Waals surface area (Å²) in [7, 11) is -3.02. The van der Waals surface area contributed by atoms with Crippen molar-refractivity contribution in [1.29, 1.82) is 0 Å². The summed E-state index contributed by atoms with van der Waals surface area (Å²) in [5, 5.41) is 4.87. The molecule has 40 heavy (non-hydrogen) atoms. The number of nitrogen functional groups attached to an aromatic ring is 1. The molecular weight excluding hydrogens is 545 g/mol. The summed E-state index contributed by atoms with van der Waals surface area (Å²) < 4.78 is 72.7. The first kappa shape index (κ1) is 27.3. The van der Waals surface area contributed by atoms with E-state index in [0.29, 0.717) is 79.9 Å². The fourth-order valence-corrected chi connectivity index (χ4v) is 8.61. The van der Waals surface area contributed by atoms with Gasteiger partial charge in [-0.25, -0.2) is 17.9 Å². The highest BCUT2D eigenvalue weighted by Crippen LogP contribution is 2.41. The number of fused-ring (bicyclic) bond motifs is 1. The van der Waals surface area contributed by atoms with Crippen molar-refractivity contribution >= 4 is 27.0 Å². The fourth-order valence-electron chi connectivity index (χ4n) is 6.41. The predicted molar refractivity (Wildman–Crippen MR) is 145 cm³/mol. The molecule has 5 heterocycles. The molecule has 0 saturated carbocycles. The number of hydrogen-bond donors (Lipinski definition) is 1. The number of halogens is 3. The molecule has 2 aromatic heterocycles. The standard InChI is InChI=1S/C27H33F3N6O3S/c1-18-19(3-2-4-20(18)27(28,29)30)13-23-22(15-34-7-5-26(16-34)6-12-40(37,38)17-26)32-25-21(31)14-24(33-36(23)25)35-8-10-39-11-9-35/h2-4,14H,5-13,15-17,31H2,1H3. The Kier molecular flexibility index (Phi) is 6.74. The monoisotopic (exact) mass is 578 g/mol. The van der Waals surface area contributed by atoms with E-state index in [-0.39, 0.29) is 28.9 Å². The van der Waals surface area contributed by atoms with E-state index < -0.39 is 21.6 Å². The number of rotatable bonds is 5. The molecule has 2 N–H and O–H groups in total. The van der Waals surface area contributed by atoms with Crippen LogP contribution in [0.5, 0.6) is 0 Å². The van der Waals surface area contributed by atoms with Crippen LogP contribution in [0.15, 0.2) is 24.3 Å². The molecule has 216 valence electrons. The van der Waals surface area contributed by atoms with E-state index in [2.05, 4.69) is 9.80 Å². The second-order valence-corrected chi connectivity index (χ2v) is 13.5. The lowest BCUT2D eigenvalue weighted by Crippen LogP contribution is -2.37. The second kappa shape index (κ2) is 9.88. The molecule has 13 heteroatoms. The maximum atomic E-state index is 13.7. The van der Waals surface area contributed by atoms with Gasteiger partial charge in [0.05, 0.1) is 47.4 Å². The zero-order valence-corrected chi connectivity index (χ0v) is 23.2. The summed E-state index contributed by atoms with van der Waals surface area (Å²) in [5.41, 5.74) is 8.54. The van der Waals surface area contributed by atoms with Crippen LogP contribution >= 0.6 is 0 Å². The van der Waals surface area contributed by atoms with E-state index >= 15 is 0 Å². The average molecular weight is 579 g/mol. The number of likely N-dealkylation sites (tertiary alicyclic amines) is 1. The van der Waals surface area contributed by atoms with Gasteiger partial charge in [0, 0.05) is 38.7 Å². The van der Waals surface area contributed by atoms with Gasteiger partial charge >= 0.3 is 6.18 Å². The molecule has 3 aliphatic heterocycles. The van der Waals surface area contributed by atoms with Gasteiger partial charge in [0.1, 0.15) is 0 Å². The number of sulfone groups is 1. The quantitative estimate of drug-likeness (QED) is 0.493. The zero-order chi connectivity index (χ0) is 28.3. The molecule has 3 aromatic rings. The molecule has 3 aliphatic rings. The van der Waals surface area contributed by atoms with Crippen LogP contribution in [0.2, 0.25) is 0 Å². The van der Waals surface area contributed by atoms with Crippen molar-refractivity contribution < 1.29 is 26.3 Å². The summed E-state index contributed by atoms with van der Waals surface area (Å²) in [6, 6.07) is 6.02. The number of alkyl halides is 3. The number of imidazole rings is 1. The van der Waals surface area contributed by atoms with Gasteiger partial charge in [-0.1, -0.05) is 12.1 Å². The van der Waals surface area contributed by atoms with Crippen LogP contribution in [0, 0.1) is 12.3 Å². The van der Waals surface area contributed by atoms with Crippen LogP contribution in [0.4, 0.5) is 24.7 Å². The summed E-state index contributed by atoms with van der Waals surface area (Å²) in [6.45, 7) is 5.74. The minimum Gasteiger partial charge on any atom is -0.396 e. The maximum Gasteiger partial charge on any atom is 0.416 e. The average Bonchev–Trinajstić information content (AvgIpc) is 3.55. The highest BCUT2D eigenvalue weighted by Gasteiger charge is 2.46. The van der Waals surface area contributed by atoms with E-state index in [9.17, 15) is 21.6 Å². The molecule has 3 fully saturated rings. The van der Waals surface area contributed by atoms with E-state index in [1.165, 1.54) is 13.0 Å². The number of morpholine rings is 1. The lowest BCUT2D eigenvalue weighted by atomic mass is 9.87. The molecule has 1 unspecified atom stereocenters. The van der Waals surface area contributed by atoms with E-state index in [4.69, 9.17) is 20.6 Å². The third kappa shape index (κ3) is 5.14. The van der Waals surface area contributed by atoms with E-state index in [1.54, 1.807) is 16.6 Å². The van der Waals surface area contributed by atoms with Gasteiger partial charge in [-0.3, -0.25) is 4.90 Å². The Balaban J connectivity index is 1.40. The summed E-state index contributed by atoms with van der Waals surface area (Å²) in [6.07, 6.45) is -2.81. The minimum atomic E-state index is -4.46. The van der Waals surface area contributed by atoms with Gasteiger partial charge in [-0.2, -0.15) is 13.2 Å². The molecule has 9 nitrogen and oxygen atoms in total. The van der Waals surface area contributed by atoms with Crippen molar-refractivity contribution in [3.8, 4) is 0 Å². The van der Waals surface area contributed by atoms with Gasteiger partial charge < -0.3 is 15.4 Å². The zero-order valence-electron chi connectivity index (χ0n) is 22.4. The number of benzene rings is 1. The number of aromatic nitrogens is 3. The number of nitrogens with two attached hydrogens (primary N) is 1. The van der Waals surface area contributed by atoms with E-state index in [0.717, 1.165) is 19.0 Å². The van der Waals surface area contributed by atoms with Crippen LogP contribution in [0.1, 0.15) is 40.9 Å². The van der Waals surface area contributed by atoms with Crippen molar-refractivity contribution in [2.24, 2.45) is 5.41 Å². The highest BCUT2D eigenvalue weighted by molar-refractivity contribution is 7.91. The van der Waals surface area contributed by atoms with Crippen molar-refractivity contribution in [2.45, 2.75) is 38.9 Å². The first-order valence-corrected chi connectivity index (χ1v) is 15.3. The van der Waals surface area contributed by atoms with Crippen LogP contribution in [-0.2, 0) is 33.7 Å². The Morgan fingerprint density at radius 1 is 1.15 bits per heavy atom. The van der Waals surface area contributed by atoms with Crippen LogP contribution < -0.4 is 10.6 Å². The molecule has 1 spiro atoms. The normalized spacial score (nSPS) is 23.6. The Bertz CT molecular complexity index is 1550. The van der Waals surface area contributed by atoms with Gasteiger partial charge in [0.25, 0.3) is 0 Å². The molecule has 0 aliphatic carbocycles. The lowest BCUT2D eigenvalue weighted by Gasteiger charge is -2.28. The van der Waals surface area contributed by atoms with Crippen molar-refractivity contribution in [2.75, 3.05) is 61.5 Å². The smallest absolute Gasteiger partial charge is 0.396 e. The van der Waals surface area contributed by atoms with Gasteiger partial charge in [-0.05, 0) is 48.9 Å². The first-order chi connectivity index (χ1) is 18.9. The van der Waals surface area contributed by atoms with Gasteiger partial charge in [0.2, 0.25) is 0 Å². The maximum absolute atomic E-state index is 13.7. The summed E-state index contributed by atoms with van der Waals surface area (Å²) in [5.74, 6) is 1.09. The van der Waals surface area contributed by atoms with Gasteiger partial charge in [0.15, 0.2) is 21.3 Å². The Morgan fingerprint density at radius 3 is 2.62 bits per heavy atom. The van der Waals surface area contributed by atoms with Crippen molar-refractivity contribution in [1.82, 2.24) is 19.5 Å². The van der Waals surface area contributed by atoms with Crippen molar-refractivity contribution in [3.63, 3.8) is 0 Å². The lowest BCUT2D eigenvalue weighted by molar-refractivity contribution is -0.138. The van der Waals surface area contributed by atoms with Crippen LogP contribution in [0.3, 0.4) is 0 Å². The molecule has 0 radical (unpaired) electrons. The third-order valence-corrected chi connectivity index (χ3v) is 10.5. The number of anilines is 2. The Hall–Kier alpha value is -2.90. The number of nitrogens with zero attached hydrogens (tertiary/aromatic N) is 5. The SMILES string of the molecule is Cc1c(Cc2c(CN3CCC4(CCS(=O)(=O)C4)C3)nc3c(N)cc(N4CCOCC4)nn23)cccc1C(F)(F)F. The molecule has 6 rings (SSSR count). The topological polar surface area (TPSA) is 106 Å². The molecule has 3 saturated heterocycles. The second-order valence-electron chi connectivity index (χ2n) is 11.4. The largest absolute Gasteiger partial charge is 0.416 e. The Morgan fingerprint density at radius 2 is 1.93 bits per heavy atom. The third-order valence-electron chi connectivity index (χ3n) is 8.58. The first-order valence-electron chi connectivity index (χ1n) is 13.5. The molecular formula is C27H33F3N6O3S. The highest BCUT2D eigenvalue weighted by atomic mass is 32.2. The molecule has 0 amide bonds. The number of hydrogen-bond acceptors (Lipinski definition) is 8. The number of ether oxygens (including phenoxy) is 1. The summed E-state index contributed by atoms with van der Waals surface area (Å²) >= 11 is 0. The molecule has 1 aromatic carbocycles. The Labute approximate surface area is 231 Å².